The lowest BCUT2D eigenvalue weighted by atomic mass is 10.1. The lowest BCUT2D eigenvalue weighted by molar-refractivity contribution is 0.368. The van der Waals surface area contributed by atoms with Gasteiger partial charge in [-0.2, -0.15) is 0 Å². The molecule has 0 aliphatic heterocycles. The normalized spacial score (nSPS) is 12.4. The van der Waals surface area contributed by atoms with Crippen LogP contribution in [0.1, 0.15) is 45.1 Å². The van der Waals surface area contributed by atoms with Gasteiger partial charge in [0.1, 0.15) is 0 Å². The summed E-state index contributed by atoms with van der Waals surface area (Å²) in [6.45, 7) is 5.08. The second kappa shape index (κ2) is 7.98. The maximum Gasteiger partial charge on any atom is 0.162 e. The van der Waals surface area contributed by atoms with E-state index in [1.165, 1.54) is 25.7 Å². The molecule has 1 rings (SSSR count). The zero-order valence-corrected chi connectivity index (χ0v) is 11.7. The molecule has 2 N–H and O–H groups in total. The predicted octanol–water partition coefficient (Wildman–Crippen LogP) is 3.46. The number of phenols is 1. The highest BCUT2D eigenvalue weighted by Gasteiger charge is 2.08. The van der Waals surface area contributed by atoms with Crippen molar-refractivity contribution in [3.63, 3.8) is 0 Å². The van der Waals surface area contributed by atoms with Gasteiger partial charge < -0.3 is 15.2 Å². The van der Waals surface area contributed by atoms with Gasteiger partial charge in [-0.05, 0) is 19.4 Å². The fourth-order valence-corrected chi connectivity index (χ4v) is 1.96. The first-order chi connectivity index (χ1) is 8.69. The van der Waals surface area contributed by atoms with E-state index in [1.54, 1.807) is 13.2 Å². The van der Waals surface area contributed by atoms with Crippen LogP contribution in [0.25, 0.3) is 0 Å². The van der Waals surface area contributed by atoms with E-state index in [1.807, 2.05) is 12.1 Å². The summed E-state index contributed by atoms with van der Waals surface area (Å²) >= 11 is 0. The van der Waals surface area contributed by atoms with Gasteiger partial charge in [0.25, 0.3) is 0 Å². The fourth-order valence-electron chi connectivity index (χ4n) is 1.96. The van der Waals surface area contributed by atoms with Crippen LogP contribution in [0.2, 0.25) is 0 Å². The number of unbranched alkanes of at least 4 members (excludes halogenated alkanes) is 2. The number of ether oxygens (including phenoxy) is 1. The van der Waals surface area contributed by atoms with Gasteiger partial charge in [0.15, 0.2) is 11.5 Å². The van der Waals surface area contributed by atoms with Crippen LogP contribution in [0.5, 0.6) is 11.5 Å². The Labute approximate surface area is 110 Å². The molecule has 3 heteroatoms. The summed E-state index contributed by atoms with van der Waals surface area (Å²) in [5.41, 5.74) is 0.886. The third-order valence-electron chi connectivity index (χ3n) is 3.18. The van der Waals surface area contributed by atoms with E-state index in [2.05, 4.69) is 19.2 Å². The van der Waals surface area contributed by atoms with Gasteiger partial charge in [0.2, 0.25) is 0 Å². The van der Waals surface area contributed by atoms with Crippen LogP contribution in [0.3, 0.4) is 0 Å². The largest absolute Gasteiger partial charge is 0.504 e. The number of methoxy groups -OCH3 is 1. The molecule has 1 atom stereocenters. The molecule has 0 bridgehead atoms. The molecule has 3 nitrogen and oxygen atoms in total. The van der Waals surface area contributed by atoms with Crippen LogP contribution in [-0.2, 0) is 6.54 Å². The SMILES string of the molecule is CCCCCC(C)NCc1cccc(OC)c1O. The number of hydrogen-bond acceptors (Lipinski definition) is 3. The van der Waals surface area contributed by atoms with Crippen molar-refractivity contribution >= 4 is 0 Å². The number of hydrogen-bond donors (Lipinski definition) is 2. The Balaban J connectivity index is 2.43. The summed E-state index contributed by atoms with van der Waals surface area (Å²) < 4.78 is 5.09. The molecule has 0 fully saturated rings. The Hall–Kier alpha value is -1.22. The maximum atomic E-state index is 9.95. The van der Waals surface area contributed by atoms with E-state index in [-0.39, 0.29) is 5.75 Å². The number of rotatable bonds is 8. The van der Waals surface area contributed by atoms with Crippen molar-refractivity contribution in [2.75, 3.05) is 7.11 Å². The van der Waals surface area contributed by atoms with Crippen LogP contribution < -0.4 is 10.1 Å². The van der Waals surface area contributed by atoms with Crippen molar-refractivity contribution in [2.24, 2.45) is 0 Å². The number of aromatic hydroxyl groups is 1. The molecule has 0 saturated carbocycles. The van der Waals surface area contributed by atoms with E-state index < -0.39 is 0 Å². The number of nitrogens with one attached hydrogen (secondary N) is 1. The molecule has 0 amide bonds. The van der Waals surface area contributed by atoms with E-state index in [9.17, 15) is 5.11 Å². The van der Waals surface area contributed by atoms with Crippen molar-refractivity contribution < 1.29 is 9.84 Å². The van der Waals surface area contributed by atoms with Crippen LogP contribution in [-0.4, -0.2) is 18.3 Å². The standard InChI is InChI=1S/C15H25NO2/c1-4-5-6-8-12(2)16-11-13-9-7-10-14(18-3)15(13)17/h7,9-10,12,16-17H,4-6,8,11H2,1-3H3. The lowest BCUT2D eigenvalue weighted by Crippen LogP contribution is -2.25. The molecular weight excluding hydrogens is 226 g/mol. The molecule has 18 heavy (non-hydrogen) atoms. The average molecular weight is 251 g/mol. The van der Waals surface area contributed by atoms with Crippen molar-refractivity contribution in [3.8, 4) is 11.5 Å². The van der Waals surface area contributed by atoms with Crippen LogP contribution >= 0.6 is 0 Å². The zero-order valence-electron chi connectivity index (χ0n) is 11.7. The second-order valence-electron chi connectivity index (χ2n) is 4.75. The van der Waals surface area contributed by atoms with Crippen LogP contribution in [0, 0.1) is 0 Å². The summed E-state index contributed by atoms with van der Waals surface area (Å²) in [7, 11) is 1.57. The topological polar surface area (TPSA) is 41.5 Å². The highest BCUT2D eigenvalue weighted by atomic mass is 16.5. The lowest BCUT2D eigenvalue weighted by Gasteiger charge is -2.15. The first-order valence-electron chi connectivity index (χ1n) is 6.77. The van der Waals surface area contributed by atoms with Crippen molar-refractivity contribution in [2.45, 2.75) is 52.1 Å². The van der Waals surface area contributed by atoms with Crippen LogP contribution in [0.15, 0.2) is 18.2 Å². The molecular formula is C15H25NO2. The molecule has 0 radical (unpaired) electrons. The Bertz CT molecular complexity index is 352. The molecule has 102 valence electrons. The molecule has 0 aliphatic rings. The minimum Gasteiger partial charge on any atom is -0.504 e. The maximum absolute atomic E-state index is 9.95. The molecule has 0 aromatic heterocycles. The molecule has 0 aliphatic carbocycles. The van der Waals surface area contributed by atoms with Gasteiger partial charge in [-0.1, -0.05) is 38.3 Å². The minimum absolute atomic E-state index is 0.244. The van der Waals surface area contributed by atoms with Crippen LogP contribution in [0.4, 0.5) is 0 Å². The zero-order chi connectivity index (χ0) is 13.4. The Kier molecular flexibility index (Phi) is 6.58. The molecule has 1 aromatic carbocycles. The van der Waals surface area contributed by atoms with E-state index in [0.29, 0.717) is 18.3 Å². The highest BCUT2D eigenvalue weighted by Crippen LogP contribution is 2.29. The fraction of sp³-hybridized carbons (Fsp3) is 0.600. The summed E-state index contributed by atoms with van der Waals surface area (Å²) in [4.78, 5) is 0. The number of benzene rings is 1. The number of para-hydroxylation sites is 1. The second-order valence-corrected chi connectivity index (χ2v) is 4.75. The van der Waals surface area contributed by atoms with Crippen molar-refractivity contribution in [1.82, 2.24) is 5.32 Å². The first-order valence-corrected chi connectivity index (χ1v) is 6.77. The first kappa shape index (κ1) is 14.8. The van der Waals surface area contributed by atoms with Gasteiger partial charge in [-0.25, -0.2) is 0 Å². The molecule has 1 unspecified atom stereocenters. The molecule has 0 heterocycles. The Morgan fingerprint density at radius 1 is 1.33 bits per heavy atom. The van der Waals surface area contributed by atoms with E-state index >= 15 is 0 Å². The average Bonchev–Trinajstić information content (AvgIpc) is 2.38. The van der Waals surface area contributed by atoms with Gasteiger partial charge in [-0.15, -0.1) is 0 Å². The third-order valence-corrected chi connectivity index (χ3v) is 3.18. The Morgan fingerprint density at radius 3 is 2.78 bits per heavy atom. The highest BCUT2D eigenvalue weighted by molar-refractivity contribution is 5.45. The van der Waals surface area contributed by atoms with Gasteiger partial charge in [0, 0.05) is 18.2 Å². The summed E-state index contributed by atoms with van der Waals surface area (Å²) in [6, 6.07) is 6.06. The third kappa shape index (κ3) is 4.57. The summed E-state index contributed by atoms with van der Waals surface area (Å²) in [6.07, 6.45) is 4.98. The Morgan fingerprint density at radius 2 is 2.11 bits per heavy atom. The van der Waals surface area contributed by atoms with Gasteiger partial charge in [-0.3, -0.25) is 0 Å². The van der Waals surface area contributed by atoms with Gasteiger partial charge in [0.05, 0.1) is 7.11 Å². The monoisotopic (exact) mass is 251 g/mol. The number of phenolic OH excluding ortho intramolecular Hbond substituents is 1. The minimum atomic E-state index is 0.244. The molecule has 0 spiro atoms. The smallest absolute Gasteiger partial charge is 0.162 e. The van der Waals surface area contributed by atoms with Crippen molar-refractivity contribution in [1.29, 1.82) is 0 Å². The van der Waals surface area contributed by atoms with E-state index in [0.717, 1.165) is 5.56 Å². The predicted molar refractivity (Wildman–Crippen MR) is 75.1 cm³/mol. The quantitative estimate of drug-likeness (QED) is 0.695. The molecule has 1 aromatic rings. The van der Waals surface area contributed by atoms with Gasteiger partial charge >= 0.3 is 0 Å². The summed E-state index contributed by atoms with van der Waals surface area (Å²) in [5.74, 6) is 0.779. The summed E-state index contributed by atoms with van der Waals surface area (Å²) in [5, 5.41) is 13.4. The van der Waals surface area contributed by atoms with Crippen molar-refractivity contribution in [3.05, 3.63) is 23.8 Å². The van der Waals surface area contributed by atoms with E-state index in [4.69, 9.17) is 4.74 Å². The molecule has 0 saturated heterocycles.